The van der Waals surface area contributed by atoms with Crippen molar-refractivity contribution in [1.82, 2.24) is 0 Å². The second kappa shape index (κ2) is 4.02. The average Bonchev–Trinajstić information content (AvgIpc) is 2.98. The zero-order chi connectivity index (χ0) is 11.9. The van der Waals surface area contributed by atoms with Gasteiger partial charge in [-0.25, -0.2) is 0 Å². The van der Waals surface area contributed by atoms with Gasteiger partial charge in [0, 0.05) is 5.54 Å². The molecule has 0 spiro atoms. The molecule has 1 unspecified atom stereocenters. The van der Waals surface area contributed by atoms with E-state index in [1.807, 2.05) is 0 Å². The van der Waals surface area contributed by atoms with Crippen LogP contribution in [-0.2, 0) is 12.0 Å². The smallest absolute Gasteiger partial charge is 0.119 e. The normalized spacial score (nSPS) is 28.4. The molecule has 17 heavy (non-hydrogen) atoms. The van der Waals surface area contributed by atoms with E-state index in [2.05, 4.69) is 18.2 Å². The Hall–Kier alpha value is -1.02. The Bertz CT molecular complexity index is 423. The lowest BCUT2D eigenvalue weighted by Gasteiger charge is -2.32. The minimum Gasteiger partial charge on any atom is -0.497 e. The molecule has 2 aliphatic rings. The lowest BCUT2D eigenvalue weighted by Crippen LogP contribution is -2.41. The Labute approximate surface area is 103 Å². The molecule has 1 aromatic carbocycles. The van der Waals surface area contributed by atoms with E-state index in [1.54, 1.807) is 7.11 Å². The molecule has 2 heteroatoms. The molecule has 1 aromatic rings. The number of benzene rings is 1. The van der Waals surface area contributed by atoms with Gasteiger partial charge in [0.2, 0.25) is 0 Å². The molecule has 0 saturated heterocycles. The van der Waals surface area contributed by atoms with E-state index < -0.39 is 0 Å². The molecular formula is C15H21NO. The highest BCUT2D eigenvalue weighted by molar-refractivity contribution is 5.44. The summed E-state index contributed by atoms with van der Waals surface area (Å²) in [6, 6.07) is 6.41. The number of hydrogen-bond donors (Lipinski definition) is 1. The first-order valence-electron chi connectivity index (χ1n) is 6.70. The Morgan fingerprint density at radius 1 is 1.29 bits per heavy atom. The SMILES string of the molecule is COc1ccc2c(c1)C(N)(C1CCCC1)CC2. The van der Waals surface area contributed by atoms with E-state index in [-0.39, 0.29) is 5.54 Å². The summed E-state index contributed by atoms with van der Waals surface area (Å²) in [5.74, 6) is 1.62. The summed E-state index contributed by atoms with van der Waals surface area (Å²) < 4.78 is 5.34. The van der Waals surface area contributed by atoms with Gasteiger partial charge in [0.05, 0.1) is 7.11 Å². The van der Waals surface area contributed by atoms with Gasteiger partial charge < -0.3 is 10.5 Å². The molecule has 1 atom stereocenters. The van der Waals surface area contributed by atoms with Crippen molar-refractivity contribution < 1.29 is 4.74 Å². The van der Waals surface area contributed by atoms with Crippen molar-refractivity contribution in [2.45, 2.75) is 44.1 Å². The van der Waals surface area contributed by atoms with Gasteiger partial charge in [-0.1, -0.05) is 18.9 Å². The highest BCUT2D eigenvalue weighted by Gasteiger charge is 2.42. The molecule has 1 saturated carbocycles. The molecule has 0 bridgehead atoms. The van der Waals surface area contributed by atoms with Crippen molar-refractivity contribution in [1.29, 1.82) is 0 Å². The molecule has 0 radical (unpaired) electrons. The summed E-state index contributed by atoms with van der Waals surface area (Å²) >= 11 is 0. The first-order valence-corrected chi connectivity index (χ1v) is 6.70. The Kier molecular flexibility index (Phi) is 2.62. The Balaban J connectivity index is 2.00. The molecule has 1 fully saturated rings. The van der Waals surface area contributed by atoms with Gasteiger partial charge in [-0.3, -0.25) is 0 Å². The van der Waals surface area contributed by atoms with Gasteiger partial charge in [-0.15, -0.1) is 0 Å². The van der Waals surface area contributed by atoms with Crippen LogP contribution in [0.2, 0.25) is 0 Å². The second-order valence-electron chi connectivity index (χ2n) is 5.54. The minimum absolute atomic E-state index is 0.0830. The standard InChI is InChI=1S/C15H21NO/c1-17-13-7-6-11-8-9-15(16,14(11)10-13)12-4-2-3-5-12/h6-7,10,12H,2-5,8-9,16H2,1H3. The number of fused-ring (bicyclic) bond motifs is 1. The maximum atomic E-state index is 6.74. The molecule has 2 N–H and O–H groups in total. The summed E-state index contributed by atoms with van der Waals surface area (Å²) in [5.41, 5.74) is 9.44. The van der Waals surface area contributed by atoms with Crippen molar-refractivity contribution in [2.75, 3.05) is 7.11 Å². The van der Waals surface area contributed by atoms with Gasteiger partial charge in [0.1, 0.15) is 5.75 Å². The Morgan fingerprint density at radius 3 is 2.76 bits per heavy atom. The third kappa shape index (κ3) is 1.66. The zero-order valence-electron chi connectivity index (χ0n) is 10.5. The van der Waals surface area contributed by atoms with Crippen molar-refractivity contribution in [3.8, 4) is 5.75 Å². The lowest BCUT2D eigenvalue weighted by atomic mass is 9.79. The van der Waals surface area contributed by atoms with Crippen molar-refractivity contribution >= 4 is 0 Å². The molecule has 2 nitrogen and oxygen atoms in total. The van der Waals surface area contributed by atoms with Crippen LogP contribution in [0.3, 0.4) is 0 Å². The van der Waals surface area contributed by atoms with Gasteiger partial charge in [-0.05, 0) is 54.9 Å². The van der Waals surface area contributed by atoms with Gasteiger partial charge >= 0.3 is 0 Å². The summed E-state index contributed by atoms with van der Waals surface area (Å²) in [6.45, 7) is 0. The lowest BCUT2D eigenvalue weighted by molar-refractivity contribution is 0.277. The maximum absolute atomic E-state index is 6.74. The van der Waals surface area contributed by atoms with Crippen molar-refractivity contribution in [3.63, 3.8) is 0 Å². The summed E-state index contributed by atoms with van der Waals surface area (Å²) in [6.07, 6.45) is 7.54. The van der Waals surface area contributed by atoms with Crippen LogP contribution in [0, 0.1) is 5.92 Å². The van der Waals surface area contributed by atoms with Crippen LogP contribution in [-0.4, -0.2) is 7.11 Å². The first-order chi connectivity index (χ1) is 8.24. The van der Waals surface area contributed by atoms with Gasteiger partial charge in [0.25, 0.3) is 0 Å². The minimum atomic E-state index is -0.0830. The molecular weight excluding hydrogens is 210 g/mol. The van der Waals surface area contributed by atoms with Crippen LogP contribution in [0.15, 0.2) is 18.2 Å². The molecule has 0 aliphatic heterocycles. The van der Waals surface area contributed by atoms with E-state index in [1.165, 1.54) is 36.8 Å². The van der Waals surface area contributed by atoms with Crippen LogP contribution < -0.4 is 10.5 Å². The van der Waals surface area contributed by atoms with E-state index in [4.69, 9.17) is 10.5 Å². The van der Waals surface area contributed by atoms with Crippen molar-refractivity contribution in [3.05, 3.63) is 29.3 Å². The summed E-state index contributed by atoms with van der Waals surface area (Å²) in [5, 5.41) is 0. The maximum Gasteiger partial charge on any atom is 0.119 e. The molecule has 2 aliphatic carbocycles. The average molecular weight is 231 g/mol. The zero-order valence-corrected chi connectivity index (χ0v) is 10.5. The number of hydrogen-bond acceptors (Lipinski definition) is 2. The van der Waals surface area contributed by atoms with Gasteiger partial charge in [-0.2, -0.15) is 0 Å². The Morgan fingerprint density at radius 2 is 2.06 bits per heavy atom. The topological polar surface area (TPSA) is 35.2 Å². The predicted octanol–water partition coefficient (Wildman–Crippen LogP) is 2.99. The molecule has 0 amide bonds. The molecule has 0 heterocycles. The second-order valence-corrected chi connectivity index (χ2v) is 5.54. The third-order valence-corrected chi connectivity index (χ3v) is 4.71. The van der Waals surface area contributed by atoms with Crippen LogP contribution in [0.5, 0.6) is 5.75 Å². The van der Waals surface area contributed by atoms with Gasteiger partial charge in [0.15, 0.2) is 0 Å². The monoisotopic (exact) mass is 231 g/mol. The van der Waals surface area contributed by atoms with Crippen LogP contribution >= 0.6 is 0 Å². The van der Waals surface area contributed by atoms with Crippen LogP contribution in [0.4, 0.5) is 0 Å². The highest BCUT2D eigenvalue weighted by atomic mass is 16.5. The number of aryl methyl sites for hydroxylation is 1. The van der Waals surface area contributed by atoms with E-state index in [0.29, 0.717) is 5.92 Å². The van der Waals surface area contributed by atoms with E-state index in [9.17, 15) is 0 Å². The number of ether oxygens (including phenoxy) is 1. The largest absolute Gasteiger partial charge is 0.497 e. The summed E-state index contributed by atoms with van der Waals surface area (Å²) in [4.78, 5) is 0. The van der Waals surface area contributed by atoms with E-state index >= 15 is 0 Å². The van der Waals surface area contributed by atoms with Crippen LogP contribution in [0.25, 0.3) is 0 Å². The van der Waals surface area contributed by atoms with Crippen molar-refractivity contribution in [2.24, 2.45) is 11.7 Å². The number of rotatable bonds is 2. The molecule has 3 rings (SSSR count). The molecule has 0 aromatic heterocycles. The summed E-state index contributed by atoms with van der Waals surface area (Å²) in [7, 11) is 1.73. The fourth-order valence-corrected chi connectivity index (χ4v) is 3.67. The molecule has 92 valence electrons. The fourth-order valence-electron chi connectivity index (χ4n) is 3.67. The highest BCUT2D eigenvalue weighted by Crippen LogP contribution is 2.47. The van der Waals surface area contributed by atoms with Crippen LogP contribution in [0.1, 0.15) is 43.2 Å². The quantitative estimate of drug-likeness (QED) is 0.849. The van der Waals surface area contributed by atoms with E-state index in [0.717, 1.165) is 18.6 Å². The fraction of sp³-hybridized carbons (Fsp3) is 0.600. The number of methoxy groups -OCH3 is 1. The third-order valence-electron chi connectivity index (χ3n) is 4.71. The predicted molar refractivity (Wildman–Crippen MR) is 69.1 cm³/mol. The number of nitrogens with two attached hydrogens (primary N) is 1. The first kappa shape index (κ1) is 11.1.